The van der Waals surface area contributed by atoms with Gasteiger partial charge in [-0.15, -0.1) is 0 Å². The number of nitrogens with zero attached hydrogens (tertiary/aromatic N) is 2. The van der Waals surface area contributed by atoms with E-state index in [0.717, 1.165) is 11.6 Å². The van der Waals surface area contributed by atoms with Gasteiger partial charge in [0.1, 0.15) is 0 Å². The average Bonchev–Trinajstić information content (AvgIpc) is 3.07. The van der Waals surface area contributed by atoms with Crippen LogP contribution in [0, 0.1) is 0 Å². The largest absolute Gasteiger partial charge is 0.435 e. The Morgan fingerprint density at radius 3 is 2.18 bits per heavy atom. The summed E-state index contributed by atoms with van der Waals surface area (Å²) in [6, 6.07) is 14.7. The zero-order valence-corrected chi connectivity index (χ0v) is 16.1. The molecular weight excluding hydrogens is 389 g/mol. The summed E-state index contributed by atoms with van der Waals surface area (Å²) in [6.07, 6.45) is -4.56. The van der Waals surface area contributed by atoms with Gasteiger partial charge in [0.25, 0.3) is 0 Å². The summed E-state index contributed by atoms with van der Waals surface area (Å²) in [6.45, 7) is 4.08. The molecule has 28 heavy (non-hydrogen) atoms. The summed E-state index contributed by atoms with van der Waals surface area (Å²) in [7, 11) is 0. The Balaban J connectivity index is 2.06. The van der Waals surface area contributed by atoms with Gasteiger partial charge in [0, 0.05) is 5.56 Å². The molecule has 0 radical (unpaired) electrons. The fraction of sp³-hybridized carbons (Fsp3) is 0.250. The van der Waals surface area contributed by atoms with Gasteiger partial charge in [-0.25, -0.2) is 8.89 Å². The van der Waals surface area contributed by atoms with E-state index >= 15 is 0 Å². The summed E-state index contributed by atoms with van der Waals surface area (Å²) in [4.78, 5) is 0. The molecule has 0 spiro atoms. The molecule has 3 aromatic rings. The highest BCUT2D eigenvalue weighted by atomic mass is 32.2. The predicted octanol–water partition coefficient (Wildman–Crippen LogP) is 5.40. The standard InChI is InChI=1S/C20H19F3N2O2S/c1-13(2)15-7-9-17(10-8-15)25-18(11-19(24-25)20(21,22)23)16-5-3-14(4-6-16)12-28(26)27/h3-11,13H,12H2,1-2H3,(H,26,27). The fourth-order valence-corrected chi connectivity index (χ4v) is 3.31. The van der Waals surface area contributed by atoms with Crippen LogP contribution in [0.4, 0.5) is 13.2 Å². The second kappa shape index (κ2) is 7.89. The van der Waals surface area contributed by atoms with Crippen molar-refractivity contribution in [2.45, 2.75) is 31.7 Å². The molecule has 4 nitrogen and oxygen atoms in total. The lowest BCUT2D eigenvalue weighted by Crippen LogP contribution is -2.07. The molecule has 8 heteroatoms. The number of alkyl halides is 3. The second-order valence-corrected chi connectivity index (χ2v) is 7.67. The first-order valence-corrected chi connectivity index (χ1v) is 9.87. The fourth-order valence-electron chi connectivity index (χ4n) is 2.84. The zero-order valence-electron chi connectivity index (χ0n) is 15.3. The number of benzene rings is 2. The SMILES string of the molecule is CC(C)c1ccc(-n2nc(C(F)(F)F)cc2-c2ccc(CS(=O)O)cc2)cc1. The third-order valence-corrected chi connectivity index (χ3v) is 4.92. The molecule has 0 bridgehead atoms. The predicted molar refractivity (Wildman–Crippen MR) is 103 cm³/mol. The first kappa shape index (κ1) is 20.3. The first-order valence-electron chi connectivity index (χ1n) is 8.59. The van der Waals surface area contributed by atoms with Crippen molar-refractivity contribution in [1.29, 1.82) is 0 Å². The minimum atomic E-state index is -4.56. The molecule has 0 saturated carbocycles. The van der Waals surface area contributed by atoms with Crippen LogP contribution in [0.15, 0.2) is 54.6 Å². The van der Waals surface area contributed by atoms with Gasteiger partial charge in [-0.2, -0.15) is 18.3 Å². The van der Waals surface area contributed by atoms with Crippen LogP contribution in [0.2, 0.25) is 0 Å². The Kier molecular flexibility index (Phi) is 5.71. The Morgan fingerprint density at radius 2 is 1.68 bits per heavy atom. The minimum Gasteiger partial charge on any atom is -0.306 e. The molecule has 1 heterocycles. The number of hydrogen-bond donors (Lipinski definition) is 1. The Morgan fingerprint density at radius 1 is 1.07 bits per heavy atom. The highest BCUT2D eigenvalue weighted by Gasteiger charge is 2.35. The Labute approximate surface area is 163 Å². The van der Waals surface area contributed by atoms with Crippen molar-refractivity contribution in [2.75, 3.05) is 0 Å². The quantitative estimate of drug-likeness (QED) is 0.575. The van der Waals surface area contributed by atoms with Gasteiger partial charge in [-0.05, 0) is 35.2 Å². The summed E-state index contributed by atoms with van der Waals surface area (Å²) in [5, 5.41) is 3.78. The van der Waals surface area contributed by atoms with Crippen LogP contribution in [-0.2, 0) is 23.0 Å². The van der Waals surface area contributed by atoms with E-state index in [0.29, 0.717) is 28.4 Å². The molecule has 0 aliphatic carbocycles. The third kappa shape index (κ3) is 4.51. The van der Waals surface area contributed by atoms with Crippen molar-refractivity contribution < 1.29 is 21.9 Å². The maximum absolute atomic E-state index is 13.3. The van der Waals surface area contributed by atoms with E-state index in [1.807, 2.05) is 26.0 Å². The first-order chi connectivity index (χ1) is 13.1. The smallest absolute Gasteiger partial charge is 0.306 e. The van der Waals surface area contributed by atoms with E-state index in [4.69, 9.17) is 4.55 Å². The van der Waals surface area contributed by atoms with E-state index in [-0.39, 0.29) is 5.75 Å². The molecule has 0 aliphatic rings. The molecule has 148 valence electrons. The molecule has 0 amide bonds. The van der Waals surface area contributed by atoms with E-state index in [9.17, 15) is 17.4 Å². The maximum Gasteiger partial charge on any atom is 0.435 e. The number of aromatic nitrogens is 2. The van der Waals surface area contributed by atoms with Crippen molar-refractivity contribution in [1.82, 2.24) is 9.78 Å². The van der Waals surface area contributed by atoms with Crippen molar-refractivity contribution in [3.8, 4) is 16.9 Å². The molecule has 1 unspecified atom stereocenters. The van der Waals surface area contributed by atoms with Crippen LogP contribution in [0.3, 0.4) is 0 Å². The number of hydrogen-bond acceptors (Lipinski definition) is 2. The summed E-state index contributed by atoms with van der Waals surface area (Å²) in [5.74, 6) is 0.269. The molecule has 1 N–H and O–H groups in total. The van der Waals surface area contributed by atoms with Gasteiger partial charge in [0.15, 0.2) is 16.8 Å². The normalized spacial score (nSPS) is 13.1. The lowest BCUT2D eigenvalue weighted by Gasteiger charge is -2.10. The van der Waals surface area contributed by atoms with Gasteiger partial charge in [-0.1, -0.05) is 50.2 Å². The topological polar surface area (TPSA) is 55.1 Å². The van der Waals surface area contributed by atoms with Crippen LogP contribution in [0.5, 0.6) is 0 Å². The van der Waals surface area contributed by atoms with Gasteiger partial charge in [-0.3, -0.25) is 0 Å². The molecule has 2 aromatic carbocycles. The van der Waals surface area contributed by atoms with Crippen molar-refractivity contribution >= 4 is 11.1 Å². The van der Waals surface area contributed by atoms with Crippen LogP contribution >= 0.6 is 0 Å². The molecule has 0 saturated heterocycles. The van der Waals surface area contributed by atoms with Gasteiger partial charge < -0.3 is 4.55 Å². The molecule has 0 fully saturated rings. The van der Waals surface area contributed by atoms with Gasteiger partial charge >= 0.3 is 6.18 Å². The Bertz CT molecular complexity index is 978. The molecule has 3 rings (SSSR count). The van der Waals surface area contributed by atoms with Crippen LogP contribution in [-0.4, -0.2) is 18.5 Å². The maximum atomic E-state index is 13.3. The molecule has 1 aromatic heterocycles. The van der Waals surface area contributed by atoms with Crippen molar-refractivity contribution in [3.05, 3.63) is 71.4 Å². The number of halogens is 3. The average molecular weight is 408 g/mol. The van der Waals surface area contributed by atoms with Crippen molar-refractivity contribution in [3.63, 3.8) is 0 Å². The van der Waals surface area contributed by atoms with E-state index in [1.165, 1.54) is 4.68 Å². The highest BCUT2D eigenvalue weighted by Crippen LogP contribution is 2.33. The van der Waals surface area contributed by atoms with Gasteiger partial charge in [0.2, 0.25) is 0 Å². The minimum absolute atomic E-state index is 0.0377. The van der Waals surface area contributed by atoms with Crippen molar-refractivity contribution in [2.24, 2.45) is 0 Å². The Hall–Kier alpha value is -2.45. The summed E-state index contributed by atoms with van der Waals surface area (Å²) in [5.41, 5.74) is 2.07. The monoisotopic (exact) mass is 408 g/mol. The lowest BCUT2D eigenvalue weighted by atomic mass is 10.0. The summed E-state index contributed by atoms with van der Waals surface area (Å²) < 4.78 is 60.9. The zero-order chi connectivity index (χ0) is 20.5. The molecule has 1 atom stereocenters. The van der Waals surface area contributed by atoms with Gasteiger partial charge in [0.05, 0.1) is 17.1 Å². The van der Waals surface area contributed by atoms with E-state index in [2.05, 4.69) is 5.10 Å². The van der Waals surface area contributed by atoms with E-state index < -0.39 is 23.0 Å². The highest BCUT2D eigenvalue weighted by molar-refractivity contribution is 7.78. The van der Waals surface area contributed by atoms with Crippen LogP contribution in [0.25, 0.3) is 16.9 Å². The number of rotatable bonds is 5. The second-order valence-electron chi connectivity index (χ2n) is 6.73. The lowest BCUT2D eigenvalue weighted by molar-refractivity contribution is -0.141. The summed E-state index contributed by atoms with van der Waals surface area (Å²) >= 11 is -1.98. The third-order valence-electron chi connectivity index (χ3n) is 4.34. The van der Waals surface area contributed by atoms with Crippen LogP contribution in [0.1, 0.15) is 36.6 Å². The van der Waals surface area contributed by atoms with E-state index in [1.54, 1.807) is 36.4 Å². The molecule has 0 aliphatic heterocycles. The molecular formula is C20H19F3N2O2S. The van der Waals surface area contributed by atoms with Crippen LogP contribution < -0.4 is 0 Å².